The fourth-order valence-electron chi connectivity index (χ4n) is 10.2. The van der Waals surface area contributed by atoms with E-state index in [1.807, 2.05) is 91.0 Å². The Bertz CT molecular complexity index is 2850. The van der Waals surface area contributed by atoms with Crippen LogP contribution in [0.2, 0.25) is 0 Å². The molecule has 1 N–H and O–H groups in total. The lowest BCUT2D eigenvalue weighted by Gasteiger charge is -2.44. The van der Waals surface area contributed by atoms with Crippen molar-refractivity contribution < 1.29 is 48.0 Å². The van der Waals surface area contributed by atoms with Crippen molar-refractivity contribution in [2.75, 3.05) is 45.3 Å². The summed E-state index contributed by atoms with van der Waals surface area (Å²) in [5.74, 6) is -3.31. The van der Waals surface area contributed by atoms with Crippen LogP contribution in [0.1, 0.15) is 46.6 Å². The van der Waals surface area contributed by atoms with Crippen molar-refractivity contribution in [1.29, 1.82) is 0 Å². The Kier molecular flexibility index (Phi) is 12.1. The number of hydrogen-bond donors (Lipinski definition) is 1. The summed E-state index contributed by atoms with van der Waals surface area (Å²) in [4.78, 5) is 61.1. The standard InChI is InChI=1S/C53H47BrN2O10/c1-62-36-18-22-43(64-3)31(24-36)12-6-29-8-14-34(15-9-29)55-50(58)39-21-20-38-40(47(39)52(55)60)28-42-48(46(38)41-26-33(54)27-45(66-5)49(41)57)53(61)56(51(42)59)35-16-10-30(11-17-35)7-13-32-25-37(63-2)19-23-44(32)65-4/h6-20,22-27,39-40,42,46-48,57H,21,28H2,1-5H3. The van der Waals surface area contributed by atoms with Crippen LogP contribution in [0.3, 0.4) is 0 Å². The van der Waals surface area contributed by atoms with Gasteiger partial charge in [-0.3, -0.25) is 29.0 Å². The third-order valence-electron chi connectivity index (χ3n) is 13.4. The van der Waals surface area contributed by atoms with Gasteiger partial charge in [-0.15, -0.1) is 0 Å². The van der Waals surface area contributed by atoms with E-state index >= 15 is 0 Å². The van der Waals surface area contributed by atoms with Crippen molar-refractivity contribution in [2.24, 2.45) is 29.6 Å². The highest BCUT2D eigenvalue weighted by Crippen LogP contribution is 2.60. The fraction of sp³-hybridized carbons (Fsp3) is 0.245. The second kappa shape index (κ2) is 18.0. The lowest BCUT2D eigenvalue weighted by molar-refractivity contribution is -0.126. The maximum Gasteiger partial charge on any atom is 0.238 e. The van der Waals surface area contributed by atoms with Gasteiger partial charge in [0.15, 0.2) is 11.5 Å². The number of ether oxygens (including phenoxy) is 5. The van der Waals surface area contributed by atoms with Gasteiger partial charge in [0.1, 0.15) is 23.0 Å². The maximum absolute atomic E-state index is 14.9. The van der Waals surface area contributed by atoms with Crippen LogP contribution in [0.5, 0.6) is 34.5 Å². The number of methoxy groups -OCH3 is 5. The predicted molar refractivity (Wildman–Crippen MR) is 255 cm³/mol. The van der Waals surface area contributed by atoms with E-state index in [-0.39, 0.29) is 36.2 Å². The fourth-order valence-corrected chi connectivity index (χ4v) is 10.7. The molecular formula is C53H47BrN2O10. The highest BCUT2D eigenvalue weighted by atomic mass is 79.9. The van der Waals surface area contributed by atoms with Crippen molar-refractivity contribution >= 4 is 75.2 Å². The molecule has 336 valence electrons. The molecule has 0 bridgehead atoms. The van der Waals surface area contributed by atoms with Crippen LogP contribution in [0.4, 0.5) is 11.4 Å². The Morgan fingerprint density at radius 1 is 0.545 bits per heavy atom. The number of carbonyl (C=O) groups is 4. The number of nitrogens with zero attached hydrogens (tertiary/aromatic N) is 2. The molecule has 9 rings (SSSR count). The Morgan fingerprint density at radius 3 is 1.55 bits per heavy atom. The van der Waals surface area contributed by atoms with Gasteiger partial charge < -0.3 is 28.8 Å². The first-order chi connectivity index (χ1) is 32.0. The first-order valence-corrected chi connectivity index (χ1v) is 22.3. The molecule has 5 aromatic rings. The average molecular weight is 952 g/mol. The zero-order valence-corrected chi connectivity index (χ0v) is 38.5. The van der Waals surface area contributed by atoms with Gasteiger partial charge in [0, 0.05) is 27.1 Å². The zero-order valence-electron chi connectivity index (χ0n) is 36.9. The number of anilines is 2. The van der Waals surface area contributed by atoms with E-state index in [0.717, 1.165) is 27.8 Å². The number of rotatable bonds is 12. The summed E-state index contributed by atoms with van der Waals surface area (Å²) in [5.41, 5.74) is 5.27. The van der Waals surface area contributed by atoms with Gasteiger partial charge in [-0.05, 0) is 103 Å². The van der Waals surface area contributed by atoms with Crippen molar-refractivity contribution in [2.45, 2.75) is 18.8 Å². The summed E-state index contributed by atoms with van der Waals surface area (Å²) >= 11 is 3.56. The molecule has 3 fully saturated rings. The van der Waals surface area contributed by atoms with Crippen LogP contribution in [-0.4, -0.2) is 64.3 Å². The number of fused-ring (bicyclic) bond motifs is 4. The van der Waals surface area contributed by atoms with Crippen LogP contribution in [-0.2, 0) is 19.2 Å². The Balaban J connectivity index is 1.02. The number of amides is 4. The lowest BCUT2D eigenvalue weighted by Crippen LogP contribution is -2.43. The zero-order chi connectivity index (χ0) is 46.4. The SMILES string of the molecule is COc1ccc(OC)c(C=Cc2ccc(N3C(=O)C4CC=C5C(CC6C(=O)N(c7ccc(C=Cc8cc(OC)ccc8OC)cc7)C(=O)C6C5c5cc(Br)cc(OC)c5O)C4C3=O)cc2)c1. The van der Waals surface area contributed by atoms with Crippen LogP contribution >= 0.6 is 15.9 Å². The second-order valence-corrected chi connectivity index (χ2v) is 17.6. The molecule has 5 aromatic carbocycles. The molecule has 12 nitrogen and oxygen atoms in total. The lowest BCUT2D eigenvalue weighted by atomic mass is 9.57. The molecule has 2 aliphatic heterocycles. The van der Waals surface area contributed by atoms with Gasteiger partial charge in [0.25, 0.3) is 0 Å². The van der Waals surface area contributed by atoms with Gasteiger partial charge in [-0.25, -0.2) is 0 Å². The van der Waals surface area contributed by atoms with Crippen LogP contribution in [0.15, 0.2) is 113 Å². The van der Waals surface area contributed by atoms with Crippen molar-refractivity contribution in [3.05, 3.63) is 141 Å². The summed E-state index contributed by atoms with van der Waals surface area (Å²) in [6.07, 6.45) is 9.99. The number of aromatic hydroxyl groups is 1. The molecule has 0 radical (unpaired) electrons. The quantitative estimate of drug-likeness (QED) is 0.0731. The van der Waals surface area contributed by atoms with E-state index in [1.165, 1.54) is 16.9 Å². The molecule has 6 atom stereocenters. The molecular weight excluding hydrogens is 904 g/mol. The molecule has 1 saturated carbocycles. The molecule has 0 spiro atoms. The summed E-state index contributed by atoms with van der Waals surface area (Å²) in [6, 6.07) is 28.7. The topological polar surface area (TPSA) is 141 Å². The van der Waals surface area contributed by atoms with E-state index < -0.39 is 47.3 Å². The highest BCUT2D eigenvalue weighted by molar-refractivity contribution is 9.10. The van der Waals surface area contributed by atoms with Crippen molar-refractivity contribution in [1.82, 2.24) is 0 Å². The van der Waals surface area contributed by atoms with Crippen LogP contribution < -0.4 is 33.5 Å². The molecule has 4 amide bonds. The van der Waals surface area contributed by atoms with Crippen LogP contribution in [0, 0.1) is 29.6 Å². The number of phenols is 1. The summed E-state index contributed by atoms with van der Waals surface area (Å²) < 4.78 is 28.0. The third kappa shape index (κ3) is 7.70. The minimum atomic E-state index is -0.901. The van der Waals surface area contributed by atoms with Gasteiger partial charge in [-0.1, -0.05) is 76.1 Å². The van der Waals surface area contributed by atoms with Gasteiger partial charge in [0.2, 0.25) is 23.6 Å². The highest BCUT2D eigenvalue weighted by Gasteiger charge is 2.62. The molecule has 0 aromatic heterocycles. The van der Waals surface area contributed by atoms with Gasteiger partial charge >= 0.3 is 0 Å². The smallest absolute Gasteiger partial charge is 0.238 e. The Hall–Kier alpha value is -7.12. The van der Waals surface area contributed by atoms with Gasteiger partial charge in [0.05, 0.1) is 70.6 Å². The first-order valence-electron chi connectivity index (χ1n) is 21.5. The summed E-state index contributed by atoms with van der Waals surface area (Å²) in [5, 5.41) is 11.7. The molecule has 2 heterocycles. The molecule has 2 saturated heterocycles. The minimum Gasteiger partial charge on any atom is -0.504 e. The normalized spacial score (nSPS) is 22.4. The Labute approximate surface area is 390 Å². The van der Waals surface area contributed by atoms with E-state index in [0.29, 0.717) is 44.4 Å². The maximum atomic E-state index is 14.9. The number of carbonyl (C=O) groups excluding carboxylic acids is 4. The average Bonchev–Trinajstić information content (AvgIpc) is 3.75. The number of phenolic OH excluding ortho intramolecular Hbond substituents is 1. The van der Waals surface area contributed by atoms with Gasteiger partial charge in [-0.2, -0.15) is 0 Å². The number of hydrogen-bond acceptors (Lipinski definition) is 10. The van der Waals surface area contributed by atoms with E-state index in [9.17, 15) is 24.3 Å². The van der Waals surface area contributed by atoms with Crippen LogP contribution in [0.25, 0.3) is 24.3 Å². The largest absolute Gasteiger partial charge is 0.504 e. The molecule has 6 unspecified atom stereocenters. The van der Waals surface area contributed by atoms with Crippen molar-refractivity contribution in [3.8, 4) is 34.5 Å². The number of halogens is 1. The number of imide groups is 2. The number of allylic oxidation sites excluding steroid dienone is 2. The predicted octanol–water partition coefficient (Wildman–Crippen LogP) is 9.58. The second-order valence-electron chi connectivity index (χ2n) is 16.7. The minimum absolute atomic E-state index is 0.162. The van der Waals surface area contributed by atoms with Crippen molar-refractivity contribution in [3.63, 3.8) is 0 Å². The summed E-state index contributed by atoms with van der Waals surface area (Å²) in [6.45, 7) is 0. The molecule has 2 aliphatic carbocycles. The summed E-state index contributed by atoms with van der Waals surface area (Å²) in [7, 11) is 7.84. The molecule has 13 heteroatoms. The number of benzene rings is 5. The van der Waals surface area contributed by atoms with E-state index in [2.05, 4.69) is 15.9 Å². The van der Waals surface area contributed by atoms with E-state index in [1.54, 1.807) is 64.8 Å². The Morgan fingerprint density at radius 2 is 1.05 bits per heavy atom. The third-order valence-corrected chi connectivity index (χ3v) is 13.8. The first kappa shape index (κ1) is 44.1. The van der Waals surface area contributed by atoms with E-state index in [4.69, 9.17) is 23.7 Å². The molecule has 66 heavy (non-hydrogen) atoms. The molecule has 4 aliphatic rings. The monoisotopic (exact) mass is 950 g/mol.